The van der Waals surface area contributed by atoms with E-state index in [1.165, 1.54) is 16.0 Å². The molecule has 1 aromatic heterocycles. The van der Waals surface area contributed by atoms with Crippen LogP contribution in [0.2, 0.25) is 0 Å². The molecule has 0 aliphatic heterocycles. The quantitative estimate of drug-likeness (QED) is 0.360. The first-order chi connectivity index (χ1) is 13.5. The van der Waals surface area contributed by atoms with Crippen molar-refractivity contribution in [2.45, 2.75) is 38.6 Å². The van der Waals surface area contributed by atoms with Crippen LogP contribution in [0.4, 0.5) is 5.82 Å². The molecule has 0 unspecified atom stereocenters. The minimum Gasteiger partial charge on any atom is -0.357 e. The van der Waals surface area contributed by atoms with Gasteiger partial charge in [0.15, 0.2) is 5.96 Å². The fraction of sp³-hybridized carbons (Fsp3) is 0.381. The second-order valence-electron chi connectivity index (χ2n) is 6.40. The molecule has 0 bridgehead atoms. The van der Waals surface area contributed by atoms with E-state index in [1.807, 2.05) is 26.0 Å². The highest BCUT2D eigenvalue weighted by molar-refractivity contribution is 7.98. The van der Waals surface area contributed by atoms with Gasteiger partial charge in [-0.25, -0.2) is 9.98 Å². The van der Waals surface area contributed by atoms with Crippen molar-refractivity contribution < 1.29 is 4.79 Å². The van der Waals surface area contributed by atoms with Gasteiger partial charge in [-0.1, -0.05) is 18.2 Å². The summed E-state index contributed by atoms with van der Waals surface area (Å²) in [7, 11) is 0. The molecule has 1 amide bonds. The molecule has 3 N–H and O–H groups in total. The Hall–Kier alpha value is -2.54. The van der Waals surface area contributed by atoms with Crippen molar-refractivity contribution in [1.29, 1.82) is 0 Å². The van der Waals surface area contributed by atoms with Gasteiger partial charge in [-0.3, -0.25) is 4.79 Å². The van der Waals surface area contributed by atoms with Gasteiger partial charge in [-0.2, -0.15) is 0 Å². The van der Waals surface area contributed by atoms with Crippen molar-refractivity contribution >= 4 is 29.4 Å². The van der Waals surface area contributed by atoms with E-state index in [0.717, 1.165) is 12.2 Å². The van der Waals surface area contributed by atoms with Gasteiger partial charge >= 0.3 is 0 Å². The molecule has 2 rings (SSSR count). The zero-order chi connectivity index (χ0) is 20.4. The summed E-state index contributed by atoms with van der Waals surface area (Å²) in [5, 5.41) is 9.25. The Morgan fingerprint density at radius 1 is 1.18 bits per heavy atom. The predicted molar refractivity (Wildman–Crippen MR) is 118 cm³/mol. The second kappa shape index (κ2) is 11.3. The van der Waals surface area contributed by atoms with Gasteiger partial charge in [0.05, 0.1) is 6.54 Å². The third kappa shape index (κ3) is 7.23. The maximum absolute atomic E-state index is 12.1. The van der Waals surface area contributed by atoms with Crippen LogP contribution in [-0.2, 0) is 11.3 Å². The van der Waals surface area contributed by atoms with Crippen LogP contribution in [0, 0.1) is 13.8 Å². The molecule has 150 valence electrons. The molecule has 1 heterocycles. The average molecular weight is 400 g/mol. The highest BCUT2D eigenvalue weighted by Gasteiger charge is 2.06. The fourth-order valence-electron chi connectivity index (χ4n) is 2.60. The predicted octanol–water partition coefficient (Wildman–Crippen LogP) is 3.50. The monoisotopic (exact) mass is 399 g/mol. The topological polar surface area (TPSA) is 78.4 Å². The number of hydrogen-bond acceptors (Lipinski definition) is 4. The van der Waals surface area contributed by atoms with Gasteiger partial charge in [0.1, 0.15) is 5.82 Å². The molecule has 28 heavy (non-hydrogen) atoms. The number of aryl methyl sites for hydroxylation is 2. The van der Waals surface area contributed by atoms with Crippen molar-refractivity contribution in [3.63, 3.8) is 0 Å². The molecule has 0 aliphatic carbocycles. The number of pyridine rings is 1. The van der Waals surface area contributed by atoms with Gasteiger partial charge < -0.3 is 16.0 Å². The highest BCUT2D eigenvalue weighted by atomic mass is 32.2. The molecule has 0 saturated carbocycles. The summed E-state index contributed by atoms with van der Waals surface area (Å²) in [6, 6.07) is 12.0. The summed E-state index contributed by atoms with van der Waals surface area (Å²) in [4.78, 5) is 22.3. The summed E-state index contributed by atoms with van der Waals surface area (Å²) in [5.74, 6) is 1.20. The molecular formula is C21H29N5OS. The summed E-state index contributed by atoms with van der Waals surface area (Å²) >= 11 is 1.73. The first kappa shape index (κ1) is 21.8. The van der Waals surface area contributed by atoms with Crippen molar-refractivity contribution in [1.82, 2.24) is 15.6 Å². The molecule has 1 aromatic carbocycles. The van der Waals surface area contributed by atoms with Gasteiger partial charge in [0, 0.05) is 30.1 Å². The summed E-state index contributed by atoms with van der Waals surface area (Å²) in [6.07, 6.45) is 2.41. The van der Waals surface area contributed by atoms with Gasteiger partial charge in [-0.15, -0.1) is 11.8 Å². The van der Waals surface area contributed by atoms with Crippen molar-refractivity contribution in [2.75, 3.05) is 24.7 Å². The maximum Gasteiger partial charge on any atom is 0.227 e. The molecule has 0 atom stereocenters. The Labute approximate surface area is 171 Å². The summed E-state index contributed by atoms with van der Waals surface area (Å²) < 4.78 is 0. The molecule has 6 nitrogen and oxygen atoms in total. The van der Waals surface area contributed by atoms with Gasteiger partial charge in [-0.05, 0) is 56.4 Å². The average Bonchev–Trinajstić information content (AvgIpc) is 2.66. The third-order valence-electron chi connectivity index (χ3n) is 3.99. The lowest BCUT2D eigenvalue weighted by atomic mass is 10.1. The Morgan fingerprint density at radius 2 is 2.00 bits per heavy atom. The number of carbonyl (C=O) groups is 1. The molecule has 0 saturated heterocycles. The smallest absolute Gasteiger partial charge is 0.227 e. The standard InChI is InChI=1S/C21H29N5OS/c1-5-22-21(24-14-17-10-9-15(2)13-18(17)28-4)23-12-11-20(27)26-19-8-6-7-16(3)25-19/h6-10,13H,5,11-12,14H2,1-4H3,(H2,22,23,24)(H,25,26,27). The second-order valence-corrected chi connectivity index (χ2v) is 7.25. The van der Waals surface area contributed by atoms with Crippen molar-refractivity contribution in [2.24, 2.45) is 4.99 Å². The number of amides is 1. The number of carbonyl (C=O) groups excluding carboxylic acids is 1. The number of rotatable bonds is 8. The number of aliphatic imine (C=N–C) groups is 1. The van der Waals surface area contributed by atoms with E-state index in [2.05, 4.69) is 57.3 Å². The number of anilines is 1. The Balaban J connectivity index is 1.88. The van der Waals surface area contributed by atoms with E-state index in [-0.39, 0.29) is 5.91 Å². The number of hydrogen-bond donors (Lipinski definition) is 3. The molecule has 0 aliphatic rings. The molecule has 0 spiro atoms. The van der Waals surface area contributed by atoms with Crippen LogP contribution in [0.5, 0.6) is 0 Å². The fourth-order valence-corrected chi connectivity index (χ4v) is 3.30. The Bertz CT molecular complexity index is 822. The van der Waals surface area contributed by atoms with Crippen molar-refractivity contribution in [3.05, 3.63) is 53.2 Å². The zero-order valence-corrected chi connectivity index (χ0v) is 17.8. The number of nitrogens with zero attached hydrogens (tertiary/aromatic N) is 2. The molecule has 7 heteroatoms. The lowest BCUT2D eigenvalue weighted by Crippen LogP contribution is -2.38. The van der Waals surface area contributed by atoms with E-state index in [0.29, 0.717) is 31.3 Å². The molecule has 0 radical (unpaired) electrons. The number of benzene rings is 1. The van der Waals surface area contributed by atoms with Crippen LogP contribution < -0.4 is 16.0 Å². The summed E-state index contributed by atoms with van der Waals surface area (Å²) in [5.41, 5.74) is 3.31. The van der Waals surface area contributed by atoms with E-state index >= 15 is 0 Å². The number of guanidine groups is 1. The minimum absolute atomic E-state index is 0.0790. The van der Waals surface area contributed by atoms with Crippen LogP contribution in [0.15, 0.2) is 46.3 Å². The van der Waals surface area contributed by atoms with Crippen LogP contribution >= 0.6 is 11.8 Å². The number of thioether (sulfide) groups is 1. The van der Waals surface area contributed by atoms with Crippen molar-refractivity contribution in [3.8, 4) is 0 Å². The largest absolute Gasteiger partial charge is 0.357 e. The van der Waals surface area contributed by atoms with Crippen LogP contribution in [0.3, 0.4) is 0 Å². The SMILES string of the molecule is CCNC(=NCc1ccc(C)cc1SC)NCCC(=O)Nc1cccc(C)n1. The molecular weight excluding hydrogens is 370 g/mol. The lowest BCUT2D eigenvalue weighted by Gasteiger charge is -2.12. The van der Waals surface area contributed by atoms with E-state index < -0.39 is 0 Å². The van der Waals surface area contributed by atoms with E-state index in [4.69, 9.17) is 0 Å². The summed E-state index contributed by atoms with van der Waals surface area (Å²) in [6.45, 7) is 7.85. The minimum atomic E-state index is -0.0790. The van der Waals surface area contributed by atoms with E-state index in [9.17, 15) is 4.79 Å². The lowest BCUT2D eigenvalue weighted by molar-refractivity contribution is -0.116. The van der Waals surface area contributed by atoms with E-state index in [1.54, 1.807) is 17.8 Å². The normalized spacial score (nSPS) is 11.2. The zero-order valence-electron chi connectivity index (χ0n) is 17.0. The van der Waals surface area contributed by atoms with Crippen LogP contribution in [0.1, 0.15) is 30.2 Å². The maximum atomic E-state index is 12.1. The van der Waals surface area contributed by atoms with Crippen LogP contribution in [-0.4, -0.2) is 36.2 Å². The first-order valence-electron chi connectivity index (χ1n) is 9.41. The first-order valence-corrected chi connectivity index (χ1v) is 10.6. The third-order valence-corrected chi connectivity index (χ3v) is 4.81. The van der Waals surface area contributed by atoms with Gasteiger partial charge in [0.25, 0.3) is 0 Å². The number of aromatic nitrogens is 1. The van der Waals surface area contributed by atoms with Crippen LogP contribution in [0.25, 0.3) is 0 Å². The molecule has 0 fully saturated rings. The highest BCUT2D eigenvalue weighted by Crippen LogP contribution is 2.22. The molecule has 2 aromatic rings. The van der Waals surface area contributed by atoms with Gasteiger partial charge in [0.2, 0.25) is 5.91 Å². The Morgan fingerprint density at radius 3 is 2.71 bits per heavy atom. The Kier molecular flexibility index (Phi) is 8.81. The number of nitrogens with one attached hydrogen (secondary N) is 3.